The highest BCUT2D eigenvalue weighted by atomic mass is 35.5. The van der Waals surface area contributed by atoms with Crippen LogP contribution in [0.3, 0.4) is 0 Å². The van der Waals surface area contributed by atoms with Gasteiger partial charge in [0, 0.05) is 5.75 Å². The van der Waals surface area contributed by atoms with Crippen LogP contribution in [0.25, 0.3) is 0 Å². The van der Waals surface area contributed by atoms with Crippen LogP contribution >= 0.6 is 23.4 Å². The molecule has 0 bridgehead atoms. The molecule has 1 aromatic heterocycles. The van der Waals surface area contributed by atoms with E-state index in [4.69, 9.17) is 16.3 Å². The molecular weight excluding hydrogens is 270 g/mol. The molecule has 2 aromatic rings. The molecule has 2 rings (SSSR count). The molecule has 0 N–H and O–H groups in total. The summed E-state index contributed by atoms with van der Waals surface area (Å²) in [5, 5.41) is 0.710. The predicted molar refractivity (Wildman–Crippen MR) is 72.1 cm³/mol. The Morgan fingerprint density at radius 2 is 2.11 bits per heavy atom. The van der Waals surface area contributed by atoms with Crippen LogP contribution in [-0.4, -0.2) is 22.1 Å². The van der Waals surface area contributed by atoms with Gasteiger partial charge in [0.25, 0.3) is 0 Å². The molecule has 0 amide bonds. The van der Waals surface area contributed by atoms with Gasteiger partial charge >= 0.3 is 6.01 Å². The van der Waals surface area contributed by atoms with E-state index < -0.39 is 0 Å². The van der Waals surface area contributed by atoms with E-state index in [9.17, 15) is 0 Å². The Morgan fingerprint density at radius 1 is 1.28 bits per heavy atom. The van der Waals surface area contributed by atoms with Crippen molar-refractivity contribution in [2.24, 2.45) is 0 Å². The third-order valence-electron chi connectivity index (χ3n) is 2.20. The maximum atomic E-state index is 5.78. The minimum absolute atomic E-state index is 0.147. The Hall–Kier alpha value is -1.33. The fraction of sp³-hybridized carbons (Fsp3) is 0.250. The SMILES string of the molecule is COc1nc(Cl)nc(SCc2cccc(C)c2)n1. The van der Waals surface area contributed by atoms with Crippen molar-refractivity contribution >= 4 is 23.4 Å². The zero-order valence-corrected chi connectivity index (χ0v) is 11.6. The van der Waals surface area contributed by atoms with Gasteiger partial charge in [-0.3, -0.25) is 0 Å². The molecule has 1 aromatic carbocycles. The molecule has 6 heteroatoms. The van der Waals surface area contributed by atoms with Crippen molar-refractivity contribution in [3.05, 3.63) is 40.7 Å². The first-order valence-corrected chi connectivity index (χ1v) is 6.67. The van der Waals surface area contributed by atoms with Crippen molar-refractivity contribution in [1.29, 1.82) is 0 Å². The van der Waals surface area contributed by atoms with E-state index in [1.165, 1.54) is 30.0 Å². The van der Waals surface area contributed by atoms with E-state index >= 15 is 0 Å². The molecule has 0 saturated heterocycles. The number of benzene rings is 1. The highest BCUT2D eigenvalue weighted by Crippen LogP contribution is 2.22. The van der Waals surface area contributed by atoms with E-state index in [1.807, 2.05) is 6.07 Å². The first-order valence-electron chi connectivity index (χ1n) is 5.31. The van der Waals surface area contributed by atoms with Crippen LogP contribution in [0, 0.1) is 6.92 Å². The summed E-state index contributed by atoms with van der Waals surface area (Å²) in [6, 6.07) is 8.54. The summed E-state index contributed by atoms with van der Waals surface area (Å²) in [5.74, 6) is 0.783. The Labute approximate surface area is 115 Å². The standard InChI is InChI=1S/C12H12ClN3OS/c1-8-4-3-5-9(6-8)7-18-12-15-10(13)14-11(16-12)17-2/h3-6H,7H2,1-2H3. The molecule has 0 saturated carbocycles. The summed E-state index contributed by atoms with van der Waals surface area (Å²) in [5.41, 5.74) is 2.45. The molecule has 0 unspecified atom stereocenters. The van der Waals surface area contributed by atoms with Crippen molar-refractivity contribution in [2.75, 3.05) is 7.11 Å². The minimum Gasteiger partial charge on any atom is -0.467 e. The fourth-order valence-electron chi connectivity index (χ4n) is 1.42. The molecule has 0 atom stereocenters. The van der Waals surface area contributed by atoms with Gasteiger partial charge in [0.15, 0.2) is 5.16 Å². The topological polar surface area (TPSA) is 47.9 Å². The third-order valence-corrected chi connectivity index (χ3v) is 3.29. The highest BCUT2D eigenvalue weighted by Gasteiger charge is 2.06. The fourth-order valence-corrected chi connectivity index (χ4v) is 2.39. The average Bonchev–Trinajstić information content (AvgIpc) is 2.36. The van der Waals surface area contributed by atoms with Crippen molar-refractivity contribution in [3.8, 4) is 6.01 Å². The number of rotatable bonds is 4. The van der Waals surface area contributed by atoms with Gasteiger partial charge < -0.3 is 4.74 Å². The van der Waals surface area contributed by atoms with Crippen molar-refractivity contribution in [2.45, 2.75) is 17.8 Å². The van der Waals surface area contributed by atoms with Gasteiger partial charge in [-0.2, -0.15) is 15.0 Å². The number of hydrogen-bond donors (Lipinski definition) is 0. The van der Waals surface area contributed by atoms with E-state index in [1.54, 1.807) is 0 Å². The van der Waals surface area contributed by atoms with Crippen LogP contribution < -0.4 is 4.74 Å². The largest absolute Gasteiger partial charge is 0.467 e. The summed E-state index contributed by atoms with van der Waals surface area (Å²) < 4.78 is 4.95. The second-order valence-corrected chi connectivity index (χ2v) is 4.93. The van der Waals surface area contributed by atoms with Gasteiger partial charge in [0.2, 0.25) is 5.28 Å². The lowest BCUT2D eigenvalue weighted by Crippen LogP contribution is -1.97. The zero-order valence-electron chi connectivity index (χ0n) is 10.1. The summed E-state index contributed by atoms with van der Waals surface area (Å²) in [6.45, 7) is 2.07. The monoisotopic (exact) mass is 281 g/mol. The lowest BCUT2D eigenvalue weighted by molar-refractivity contribution is 0.373. The van der Waals surface area contributed by atoms with Gasteiger partial charge in [0.1, 0.15) is 0 Å². The van der Waals surface area contributed by atoms with Gasteiger partial charge in [-0.1, -0.05) is 41.6 Å². The Bertz CT molecular complexity index is 551. The normalized spacial score (nSPS) is 10.4. The average molecular weight is 282 g/mol. The molecule has 0 radical (unpaired) electrons. The third kappa shape index (κ3) is 3.58. The quantitative estimate of drug-likeness (QED) is 0.806. The Kier molecular flexibility index (Phi) is 4.38. The van der Waals surface area contributed by atoms with E-state index in [2.05, 4.69) is 40.1 Å². The molecule has 0 aliphatic rings. The van der Waals surface area contributed by atoms with Crippen molar-refractivity contribution in [1.82, 2.24) is 15.0 Å². The van der Waals surface area contributed by atoms with E-state index in [-0.39, 0.29) is 11.3 Å². The maximum Gasteiger partial charge on any atom is 0.321 e. The number of halogens is 1. The summed E-state index contributed by atoms with van der Waals surface area (Å²) in [7, 11) is 1.50. The number of hydrogen-bond acceptors (Lipinski definition) is 5. The van der Waals surface area contributed by atoms with E-state index in [0.717, 1.165) is 5.75 Å². The maximum absolute atomic E-state index is 5.78. The highest BCUT2D eigenvalue weighted by molar-refractivity contribution is 7.98. The lowest BCUT2D eigenvalue weighted by atomic mass is 10.2. The van der Waals surface area contributed by atoms with Crippen LogP contribution in [0.15, 0.2) is 29.4 Å². The summed E-state index contributed by atoms with van der Waals surface area (Å²) in [6.07, 6.45) is 0. The number of ether oxygens (including phenoxy) is 1. The Balaban J connectivity index is 2.08. The van der Waals surface area contributed by atoms with Crippen LogP contribution in [0.5, 0.6) is 6.01 Å². The van der Waals surface area contributed by atoms with Crippen LogP contribution in [0.1, 0.15) is 11.1 Å². The van der Waals surface area contributed by atoms with Gasteiger partial charge in [-0.05, 0) is 24.1 Å². The van der Waals surface area contributed by atoms with Crippen molar-refractivity contribution in [3.63, 3.8) is 0 Å². The first kappa shape index (κ1) is 13.1. The second kappa shape index (κ2) is 6.02. The second-order valence-electron chi connectivity index (χ2n) is 3.65. The number of nitrogens with zero attached hydrogens (tertiary/aromatic N) is 3. The molecule has 4 nitrogen and oxygen atoms in total. The first-order chi connectivity index (χ1) is 8.67. The number of thioether (sulfide) groups is 1. The van der Waals surface area contributed by atoms with Gasteiger partial charge in [0.05, 0.1) is 7.11 Å². The smallest absolute Gasteiger partial charge is 0.321 e. The van der Waals surface area contributed by atoms with Crippen LogP contribution in [-0.2, 0) is 5.75 Å². The molecule has 0 aliphatic heterocycles. The number of aromatic nitrogens is 3. The number of methoxy groups -OCH3 is 1. The molecule has 18 heavy (non-hydrogen) atoms. The zero-order chi connectivity index (χ0) is 13.0. The lowest BCUT2D eigenvalue weighted by Gasteiger charge is -2.03. The number of aryl methyl sites for hydroxylation is 1. The molecule has 0 spiro atoms. The van der Waals surface area contributed by atoms with Crippen LogP contribution in [0.2, 0.25) is 5.28 Å². The summed E-state index contributed by atoms with van der Waals surface area (Å²) >= 11 is 7.28. The van der Waals surface area contributed by atoms with Crippen molar-refractivity contribution < 1.29 is 4.74 Å². The minimum atomic E-state index is 0.147. The molecule has 1 heterocycles. The predicted octanol–water partition coefficient (Wildman–Crippen LogP) is 3.13. The van der Waals surface area contributed by atoms with Gasteiger partial charge in [-0.25, -0.2) is 0 Å². The Morgan fingerprint density at radius 3 is 2.83 bits per heavy atom. The van der Waals surface area contributed by atoms with E-state index in [0.29, 0.717) is 5.16 Å². The molecular formula is C12H12ClN3OS. The molecule has 0 fully saturated rings. The van der Waals surface area contributed by atoms with Crippen LogP contribution in [0.4, 0.5) is 0 Å². The van der Waals surface area contributed by atoms with Gasteiger partial charge in [-0.15, -0.1) is 0 Å². The summed E-state index contributed by atoms with van der Waals surface area (Å²) in [4.78, 5) is 12.0. The molecule has 94 valence electrons. The molecule has 0 aliphatic carbocycles.